The Morgan fingerprint density at radius 1 is 1.50 bits per heavy atom. The second kappa shape index (κ2) is 5.44. The first-order valence-electron chi connectivity index (χ1n) is 7.12. The Labute approximate surface area is 120 Å². The molecular formula is C16H24N2O2. The molecule has 0 heterocycles. The summed E-state index contributed by atoms with van der Waals surface area (Å²) in [6, 6.07) is 7.33. The Kier molecular flexibility index (Phi) is 4.04. The van der Waals surface area contributed by atoms with Crippen molar-refractivity contribution in [3.05, 3.63) is 29.8 Å². The number of nitrogens with zero attached hydrogens (tertiary/aromatic N) is 1. The molecule has 0 spiro atoms. The number of amides is 1. The quantitative estimate of drug-likeness (QED) is 0.860. The summed E-state index contributed by atoms with van der Waals surface area (Å²) >= 11 is 0. The summed E-state index contributed by atoms with van der Waals surface area (Å²) in [5.41, 5.74) is 6.99. The molecule has 1 aromatic rings. The van der Waals surface area contributed by atoms with E-state index >= 15 is 0 Å². The Morgan fingerprint density at radius 2 is 2.20 bits per heavy atom. The molecule has 1 amide bonds. The second-order valence-electron chi connectivity index (χ2n) is 6.06. The van der Waals surface area contributed by atoms with E-state index in [1.807, 2.05) is 24.9 Å². The normalized spacial score (nSPS) is 24.0. The van der Waals surface area contributed by atoms with E-state index < -0.39 is 0 Å². The van der Waals surface area contributed by atoms with Gasteiger partial charge in [-0.25, -0.2) is 0 Å². The number of carbonyl (C=O) groups is 1. The van der Waals surface area contributed by atoms with Gasteiger partial charge in [0.15, 0.2) is 0 Å². The summed E-state index contributed by atoms with van der Waals surface area (Å²) in [4.78, 5) is 14.3. The highest BCUT2D eigenvalue weighted by Gasteiger charge is 2.51. The van der Waals surface area contributed by atoms with Crippen LogP contribution in [0.2, 0.25) is 0 Å². The van der Waals surface area contributed by atoms with Gasteiger partial charge in [-0.1, -0.05) is 19.9 Å². The molecule has 0 aliphatic heterocycles. The van der Waals surface area contributed by atoms with Crippen LogP contribution in [0.5, 0.6) is 0 Å². The number of nitrogen functional groups attached to an aromatic ring is 1. The number of ether oxygens (including phenoxy) is 1. The molecule has 20 heavy (non-hydrogen) atoms. The largest absolute Gasteiger partial charge is 0.399 e. The number of benzene rings is 1. The average Bonchev–Trinajstić information content (AvgIpc) is 2.41. The summed E-state index contributed by atoms with van der Waals surface area (Å²) in [6.45, 7) is 7.04. The number of hydrogen-bond acceptors (Lipinski definition) is 3. The van der Waals surface area contributed by atoms with Gasteiger partial charge in [0.2, 0.25) is 0 Å². The predicted molar refractivity (Wildman–Crippen MR) is 80.5 cm³/mol. The van der Waals surface area contributed by atoms with Gasteiger partial charge in [-0.3, -0.25) is 4.79 Å². The Hall–Kier alpha value is -1.55. The van der Waals surface area contributed by atoms with Crippen LogP contribution in [0.25, 0.3) is 0 Å². The molecule has 0 aromatic heterocycles. The van der Waals surface area contributed by atoms with Crippen LogP contribution < -0.4 is 5.73 Å². The fourth-order valence-electron chi connectivity index (χ4n) is 3.02. The molecule has 0 radical (unpaired) electrons. The minimum absolute atomic E-state index is 0.0131. The van der Waals surface area contributed by atoms with Crippen molar-refractivity contribution in [2.75, 3.05) is 19.4 Å². The molecule has 0 saturated heterocycles. The van der Waals surface area contributed by atoms with Gasteiger partial charge < -0.3 is 15.4 Å². The van der Waals surface area contributed by atoms with Crippen LogP contribution in [-0.2, 0) is 4.74 Å². The molecule has 2 N–H and O–H groups in total. The third kappa shape index (κ3) is 2.52. The van der Waals surface area contributed by atoms with Gasteiger partial charge in [0.25, 0.3) is 5.91 Å². The highest BCUT2D eigenvalue weighted by molar-refractivity contribution is 5.95. The highest BCUT2D eigenvalue weighted by atomic mass is 16.5. The molecule has 2 rings (SSSR count). The van der Waals surface area contributed by atoms with Crippen molar-refractivity contribution in [1.82, 2.24) is 4.90 Å². The minimum atomic E-state index is -0.0131. The lowest BCUT2D eigenvalue weighted by atomic mass is 9.63. The summed E-state index contributed by atoms with van der Waals surface area (Å²) in [5, 5.41) is 0. The third-order valence-electron chi connectivity index (χ3n) is 4.42. The lowest BCUT2D eigenvalue weighted by Crippen LogP contribution is -2.62. The molecule has 1 fully saturated rings. The number of hydrogen-bond donors (Lipinski definition) is 1. The fourth-order valence-corrected chi connectivity index (χ4v) is 3.02. The van der Waals surface area contributed by atoms with Crippen molar-refractivity contribution in [3.8, 4) is 0 Å². The van der Waals surface area contributed by atoms with E-state index in [9.17, 15) is 4.79 Å². The van der Waals surface area contributed by atoms with E-state index in [-0.39, 0.29) is 23.5 Å². The van der Waals surface area contributed by atoms with Crippen molar-refractivity contribution < 1.29 is 9.53 Å². The molecule has 1 saturated carbocycles. The van der Waals surface area contributed by atoms with Gasteiger partial charge in [0, 0.05) is 36.4 Å². The van der Waals surface area contributed by atoms with E-state index in [2.05, 4.69) is 13.8 Å². The zero-order valence-electron chi connectivity index (χ0n) is 12.7. The van der Waals surface area contributed by atoms with Gasteiger partial charge in [0.1, 0.15) is 0 Å². The monoisotopic (exact) mass is 276 g/mol. The van der Waals surface area contributed by atoms with Crippen LogP contribution in [0, 0.1) is 5.41 Å². The first-order valence-corrected chi connectivity index (χ1v) is 7.12. The summed E-state index contributed by atoms with van der Waals surface area (Å²) < 4.78 is 5.72. The predicted octanol–water partition coefficient (Wildman–Crippen LogP) is 2.54. The Balaban J connectivity index is 2.09. The second-order valence-corrected chi connectivity index (χ2v) is 6.06. The van der Waals surface area contributed by atoms with E-state index in [0.29, 0.717) is 17.9 Å². The molecule has 4 nitrogen and oxygen atoms in total. The van der Waals surface area contributed by atoms with E-state index in [4.69, 9.17) is 10.5 Å². The van der Waals surface area contributed by atoms with Crippen LogP contribution in [0.3, 0.4) is 0 Å². The molecule has 1 aliphatic carbocycles. The maximum absolute atomic E-state index is 12.5. The van der Waals surface area contributed by atoms with Crippen LogP contribution in [-0.4, -0.2) is 36.6 Å². The van der Waals surface area contributed by atoms with Crippen molar-refractivity contribution in [1.29, 1.82) is 0 Å². The number of anilines is 1. The SMILES string of the molecule is CCOC1CC(N(C)C(=O)c2cccc(N)c2)C1(C)C. The van der Waals surface area contributed by atoms with Crippen molar-refractivity contribution in [3.63, 3.8) is 0 Å². The topological polar surface area (TPSA) is 55.6 Å². The van der Waals surface area contributed by atoms with Crippen molar-refractivity contribution in [2.45, 2.75) is 39.3 Å². The smallest absolute Gasteiger partial charge is 0.253 e. The van der Waals surface area contributed by atoms with Crippen LogP contribution in [0.4, 0.5) is 5.69 Å². The van der Waals surface area contributed by atoms with Gasteiger partial charge >= 0.3 is 0 Å². The average molecular weight is 276 g/mol. The van der Waals surface area contributed by atoms with Crippen LogP contribution in [0.15, 0.2) is 24.3 Å². The maximum Gasteiger partial charge on any atom is 0.253 e. The molecule has 1 aromatic carbocycles. The zero-order valence-corrected chi connectivity index (χ0v) is 12.7. The molecule has 2 atom stereocenters. The lowest BCUT2D eigenvalue weighted by Gasteiger charge is -2.54. The number of carbonyl (C=O) groups excluding carboxylic acids is 1. The molecule has 2 unspecified atom stereocenters. The Morgan fingerprint density at radius 3 is 2.75 bits per heavy atom. The van der Waals surface area contributed by atoms with E-state index in [1.54, 1.807) is 18.2 Å². The number of nitrogens with two attached hydrogens (primary N) is 1. The molecule has 0 bridgehead atoms. The summed E-state index contributed by atoms with van der Waals surface area (Å²) in [5.74, 6) is 0.0188. The third-order valence-corrected chi connectivity index (χ3v) is 4.42. The summed E-state index contributed by atoms with van der Waals surface area (Å²) in [6.07, 6.45) is 1.12. The van der Waals surface area contributed by atoms with Gasteiger partial charge in [-0.05, 0) is 31.5 Å². The molecule has 4 heteroatoms. The molecular weight excluding hydrogens is 252 g/mol. The van der Waals surface area contributed by atoms with Crippen LogP contribution >= 0.6 is 0 Å². The van der Waals surface area contributed by atoms with E-state index in [0.717, 1.165) is 6.42 Å². The van der Waals surface area contributed by atoms with Gasteiger partial charge in [0.05, 0.1) is 6.10 Å². The Bertz CT molecular complexity index is 499. The van der Waals surface area contributed by atoms with Gasteiger partial charge in [-0.15, -0.1) is 0 Å². The van der Waals surface area contributed by atoms with Gasteiger partial charge in [-0.2, -0.15) is 0 Å². The fraction of sp³-hybridized carbons (Fsp3) is 0.562. The van der Waals surface area contributed by atoms with Crippen molar-refractivity contribution in [2.24, 2.45) is 5.41 Å². The first-order chi connectivity index (χ1) is 9.37. The summed E-state index contributed by atoms with van der Waals surface area (Å²) in [7, 11) is 1.86. The molecule has 110 valence electrons. The minimum Gasteiger partial charge on any atom is -0.399 e. The first kappa shape index (κ1) is 14.9. The molecule has 1 aliphatic rings. The maximum atomic E-state index is 12.5. The zero-order chi connectivity index (χ0) is 14.9. The standard InChI is InChI=1S/C16H24N2O2/c1-5-20-14-10-13(16(14,2)3)18(4)15(19)11-7-6-8-12(17)9-11/h6-9,13-14H,5,10,17H2,1-4H3. The highest BCUT2D eigenvalue weighted by Crippen LogP contribution is 2.45. The number of rotatable bonds is 4. The van der Waals surface area contributed by atoms with Crippen LogP contribution in [0.1, 0.15) is 37.6 Å². The van der Waals surface area contributed by atoms with Crippen molar-refractivity contribution >= 4 is 11.6 Å². The van der Waals surface area contributed by atoms with E-state index in [1.165, 1.54) is 0 Å². The lowest BCUT2D eigenvalue weighted by molar-refractivity contribution is -0.136.